The Kier molecular flexibility index (Phi) is 8.66. The normalized spacial score (nSPS) is 12.1. The SMILES string of the molecule is CCCC(=O)Nc1ccc(C(=O)CSc2nnc(C(C)N(C)C)n2-c2ccc(Cl)cc2)cc1. The van der Waals surface area contributed by atoms with Crippen LogP contribution in [0.15, 0.2) is 53.7 Å². The number of ketones is 1. The Morgan fingerprint density at radius 2 is 1.76 bits per heavy atom. The van der Waals surface area contributed by atoms with Crippen molar-refractivity contribution in [3.05, 3.63) is 64.9 Å². The molecule has 0 bridgehead atoms. The molecule has 0 aliphatic rings. The van der Waals surface area contributed by atoms with E-state index in [9.17, 15) is 9.59 Å². The first-order chi connectivity index (χ1) is 15.8. The minimum absolute atomic E-state index is 0.0219. The number of anilines is 1. The van der Waals surface area contributed by atoms with Crippen LogP contribution < -0.4 is 5.32 Å². The predicted molar refractivity (Wildman–Crippen MR) is 134 cm³/mol. The highest BCUT2D eigenvalue weighted by molar-refractivity contribution is 7.99. The second kappa shape index (κ2) is 11.4. The first kappa shape index (κ1) is 25.0. The Bertz CT molecular complexity index is 1100. The van der Waals surface area contributed by atoms with Crippen LogP contribution >= 0.6 is 23.4 Å². The summed E-state index contributed by atoms with van der Waals surface area (Å²) in [5, 5.41) is 12.9. The zero-order valence-electron chi connectivity index (χ0n) is 19.2. The number of thioether (sulfide) groups is 1. The van der Waals surface area contributed by atoms with Crippen molar-refractivity contribution in [2.45, 2.75) is 37.9 Å². The summed E-state index contributed by atoms with van der Waals surface area (Å²) in [5.74, 6) is 0.934. The maximum absolute atomic E-state index is 12.8. The molecule has 1 unspecified atom stereocenters. The highest BCUT2D eigenvalue weighted by Gasteiger charge is 2.21. The Balaban J connectivity index is 1.76. The third-order valence-corrected chi connectivity index (χ3v) is 6.37. The topological polar surface area (TPSA) is 80.1 Å². The fourth-order valence-electron chi connectivity index (χ4n) is 3.11. The molecule has 0 radical (unpaired) electrons. The molecular weight excluding hydrogens is 458 g/mol. The van der Waals surface area contributed by atoms with Crippen LogP contribution in [0.4, 0.5) is 5.69 Å². The van der Waals surface area contributed by atoms with E-state index in [2.05, 4.69) is 27.3 Å². The van der Waals surface area contributed by atoms with Crippen molar-refractivity contribution in [2.75, 3.05) is 25.2 Å². The average molecular weight is 486 g/mol. The van der Waals surface area contributed by atoms with Crippen LogP contribution in [0.2, 0.25) is 5.02 Å². The minimum Gasteiger partial charge on any atom is -0.326 e. The average Bonchev–Trinajstić information content (AvgIpc) is 3.21. The van der Waals surface area contributed by atoms with Crippen molar-refractivity contribution in [3.63, 3.8) is 0 Å². The summed E-state index contributed by atoms with van der Waals surface area (Å²) >= 11 is 7.41. The zero-order valence-corrected chi connectivity index (χ0v) is 20.8. The molecule has 0 aliphatic carbocycles. The molecule has 9 heteroatoms. The van der Waals surface area contributed by atoms with Crippen LogP contribution in [0.3, 0.4) is 0 Å². The number of Topliss-reactive ketones (excluding diaryl/α,β-unsaturated/α-hetero) is 1. The third-order valence-electron chi connectivity index (χ3n) is 5.19. The summed E-state index contributed by atoms with van der Waals surface area (Å²) in [7, 11) is 3.96. The van der Waals surface area contributed by atoms with E-state index in [1.165, 1.54) is 11.8 Å². The molecule has 1 N–H and O–H groups in total. The van der Waals surface area contributed by atoms with Gasteiger partial charge in [0.2, 0.25) is 5.91 Å². The van der Waals surface area contributed by atoms with Gasteiger partial charge in [0.15, 0.2) is 16.8 Å². The van der Waals surface area contributed by atoms with Crippen molar-refractivity contribution in [2.24, 2.45) is 0 Å². The molecule has 1 amide bonds. The van der Waals surface area contributed by atoms with Crippen LogP contribution in [-0.2, 0) is 4.79 Å². The fourth-order valence-corrected chi connectivity index (χ4v) is 4.09. The van der Waals surface area contributed by atoms with E-state index < -0.39 is 0 Å². The van der Waals surface area contributed by atoms with Gasteiger partial charge in [-0.2, -0.15) is 0 Å². The molecule has 0 saturated carbocycles. The van der Waals surface area contributed by atoms with Gasteiger partial charge in [-0.25, -0.2) is 0 Å². The number of nitrogens with one attached hydrogen (secondary N) is 1. The quantitative estimate of drug-likeness (QED) is 0.312. The Morgan fingerprint density at radius 1 is 1.09 bits per heavy atom. The number of halogens is 1. The number of carbonyl (C=O) groups is 2. The van der Waals surface area contributed by atoms with Gasteiger partial charge in [0.05, 0.1) is 11.8 Å². The number of benzene rings is 2. The van der Waals surface area contributed by atoms with Gasteiger partial charge >= 0.3 is 0 Å². The Morgan fingerprint density at radius 3 is 2.36 bits per heavy atom. The van der Waals surface area contributed by atoms with E-state index in [0.29, 0.717) is 27.9 Å². The van der Waals surface area contributed by atoms with E-state index in [0.717, 1.165) is 17.9 Å². The van der Waals surface area contributed by atoms with Gasteiger partial charge in [0.25, 0.3) is 0 Å². The molecule has 1 atom stereocenters. The highest BCUT2D eigenvalue weighted by atomic mass is 35.5. The Hall–Kier alpha value is -2.68. The van der Waals surface area contributed by atoms with Crippen LogP contribution in [0.25, 0.3) is 5.69 Å². The lowest BCUT2D eigenvalue weighted by Crippen LogP contribution is -2.20. The molecule has 1 aromatic heterocycles. The molecule has 174 valence electrons. The van der Waals surface area contributed by atoms with E-state index in [1.807, 2.05) is 49.9 Å². The molecule has 7 nitrogen and oxygen atoms in total. The summed E-state index contributed by atoms with van der Waals surface area (Å²) in [6.45, 7) is 4.01. The lowest BCUT2D eigenvalue weighted by Gasteiger charge is -2.20. The van der Waals surface area contributed by atoms with Gasteiger partial charge in [-0.15, -0.1) is 10.2 Å². The van der Waals surface area contributed by atoms with Crippen molar-refractivity contribution >= 4 is 40.7 Å². The molecule has 3 rings (SSSR count). The van der Waals surface area contributed by atoms with Crippen LogP contribution in [0, 0.1) is 0 Å². The monoisotopic (exact) mass is 485 g/mol. The maximum atomic E-state index is 12.8. The van der Waals surface area contributed by atoms with Gasteiger partial charge in [-0.3, -0.25) is 19.1 Å². The number of carbonyl (C=O) groups excluding carboxylic acids is 2. The molecule has 2 aromatic carbocycles. The predicted octanol–water partition coefficient (Wildman–Crippen LogP) is 5.26. The number of rotatable bonds is 10. The van der Waals surface area contributed by atoms with Crippen LogP contribution in [0.1, 0.15) is 48.9 Å². The third kappa shape index (κ3) is 6.43. The number of nitrogens with zero attached hydrogens (tertiary/aromatic N) is 4. The second-order valence-corrected chi connectivity index (χ2v) is 9.26. The minimum atomic E-state index is -0.0311. The number of hydrogen-bond acceptors (Lipinski definition) is 6. The van der Waals surface area contributed by atoms with Crippen molar-refractivity contribution < 1.29 is 9.59 Å². The smallest absolute Gasteiger partial charge is 0.224 e. The van der Waals surface area contributed by atoms with Gasteiger partial charge in [0, 0.05) is 28.4 Å². The molecule has 1 heterocycles. The van der Waals surface area contributed by atoms with Gasteiger partial charge < -0.3 is 5.32 Å². The molecule has 3 aromatic rings. The second-order valence-electron chi connectivity index (χ2n) is 7.88. The summed E-state index contributed by atoms with van der Waals surface area (Å²) in [5.41, 5.74) is 2.15. The highest BCUT2D eigenvalue weighted by Crippen LogP contribution is 2.28. The first-order valence-corrected chi connectivity index (χ1v) is 12.1. The van der Waals surface area contributed by atoms with Crippen LogP contribution in [-0.4, -0.2) is 51.2 Å². The molecular formula is C24H28ClN5O2S. The van der Waals surface area contributed by atoms with Crippen molar-refractivity contribution in [3.8, 4) is 5.69 Å². The van der Waals surface area contributed by atoms with E-state index >= 15 is 0 Å². The zero-order chi connectivity index (χ0) is 24.0. The van der Waals surface area contributed by atoms with Gasteiger partial charge in [-0.1, -0.05) is 30.3 Å². The summed E-state index contributed by atoms with van der Waals surface area (Å²) in [4.78, 5) is 26.6. The van der Waals surface area contributed by atoms with E-state index in [-0.39, 0.29) is 23.5 Å². The largest absolute Gasteiger partial charge is 0.326 e. The fraction of sp³-hybridized carbons (Fsp3) is 0.333. The van der Waals surface area contributed by atoms with Gasteiger partial charge in [-0.05, 0) is 76.0 Å². The molecule has 33 heavy (non-hydrogen) atoms. The summed E-state index contributed by atoms with van der Waals surface area (Å²) in [6.07, 6.45) is 1.26. The van der Waals surface area contributed by atoms with E-state index in [4.69, 9.17) is 11.6 Å². The van der Waals surface area contributed by atoms with Crippen molar-refractivity contribution in [1.29, 1.82) is 0 Å². The standard InChI is InChI=1S/C24H28ClN5O2S/c1-5-6-22(32)26-19-11-7-17(8-12-19)21(31)15-33-24-28-27-23(16(2)29(3)4)30(24)20-13-9-18(25)10-14-20/h7-14,16H,5-6,15H2,1-4H3,(H,26,32). The number of amides is 1. The lowest BCUT2D eigenvalue weighted by atomic mass is 10.1. The molecule has 0 fully saturated rings. The number of aromatic nitrogens is 3. The van der Waals surface area contributed by atoms with Crippen molar-refractivity contribution in [1.82, 2.24) is 19.7 Å². The molecule has 0 aliphatic heterocycles. The van der Waals surface area contributed by atoms with Gasteiger partial charge in [0.1, 0.15) is 0 Å². The molecule has 0 spiro atoms. The van der Waals surface area contributed by atoms with E-state index in [1.54, 1.807) is 24.3 Å². The van der Waals surface area contributed by atoms with Crippen LogP contribution in [0.5, 0.6) is 0 Å². The summed E-state index contributed by atoms with van der Waals surface area (Å²) < 4.78 is 1.96. The number of hydrogen-bond donors (Lipinski definition) is 1. The lowest BCUT2D eigenvalue weighted by molar-refractivity contribution is -0.116. The summed E-state index contributed by atoms with van der Waals surface area (Å²) in [6, 6.07) is 14.4. The maximum Gasteiger partial charge on any atom is 0.224 e. The Labute approximate surface area is 203 Å². The first-order valence-electron chi connectivity index (χ1n) is 10.7. The molecule has 0 saturated heterocycles.